The van der Waals surface area contributed by atoms with Gasteiger partial charge in [0, 0.05) is 13.0 Å². The van der Waals surface area contributed by atoms with Crippen molar-refractivity contribution in [3.05, 3.63) is 0 Å². The van der Waals surface area contributed by atoms with E-state index in [-0.39, 0.29) is 5.91 Å². The lowest BCUT2D eigenvalue weighted by Crippen LogP contribution is -2.25. The van der Waals surface area contributed by atoms with Crippen LogP contribution in [0.1, 0.15) is 52.4 Å². The molecule has 0 aromatic carbocycles. The maximum Gasteiger partial charge on any atom is 0.221 e. The molecule has 0 bridgehead atoms. The van der Waals surface area contributed by atoms with Crippen molar-refractivity contribution in [1.29, 1.82) is 0 Å². The molecule has 1 amide bonds. The van der Waals surface area contributed by atoms with Gasteiger partial charge < -0.3 is 10.1 Å². The Bertz CT molecular complexity index is 137. The molecular weight excluding hydrogens is 178 g/mol. The van der Waals surface area contributed by atoms with Crippen molar-refractivity contribution >= 4 is 5.91 Å². The summed E-state index contributed by atoms with van der Waals surface area (Å²) in [6.07, 6.45) is 6.12. The zero-order chi connectivity index (χ0) is 10.6. The van der Waals surface area contributed by atoms with Gasteiger partial charge in [0.05, 0.1) is 0 Å². The normalized spacial score (nSPS) is 10.1. The van der Waals surface area contributed by atoms with Crippen LogP contribution in [0, 0.1) is 0 Å². The Balaban J connectivity index is 3.07. The monoisotopic (exact) mass is 201 g/mol. The fraction of sp³-hybridized carbons (Fsp3) is 0.909. The third kappa shape index (κ3) is 9.52. The first-order valence-electron chi connectivity index (χ1n) is 5.65. The molecule has 84 valence electrons. The highest BCUT2D eigenvalue weighted by Gasteiger charge is 1.98. The number of hydrogen-bond donors (Lipinski definition) is 1. The lowest BCUT2D eigenvalue weighted by atomic mass is 10.2. The first-order valence-corrected chi connectivity index (χ1v) is 5.65. The smallest absolute Gasteiger partial charge is 0.221 e. The Hall–Kier alpha value is -0.570. The van der Waals surface area contributed by atoms with Crippen molar-refractivity contribution in [2.24, 2.45) is 0 Å². The molecule has 0 aromatic rings. The first-order chi connectivity index (χ1) is 6.81. The number of nitrogens with one attached hydrogen (secondary N) is 1. The van der Waals surface area contributed by atoms with Gasteiger partial charge in [-0.15, -0.1) is 0 Å². The fourth-order valence-electron chi connectivity index (χ4n) is 1.08. The second-order valence-corrected chi connectivity index (χ2v) is 3.46. The molecule has 14 heavy (non-hydrogen) atoms. The zero-order valence-corrected chi connectivity index (χ0v) is 9.47. The van der Waals surface area contributed by atoms with Crippen LogP contribution in [0.5, 0.6) is 0 Å². The molecule has 3 nitrogen and oxygen atoms in total. The van der Waals surface area contributed by atoms with Crippen molar-refractivity contribution in [3.63, 3.8) is 0 Å². The molecule has 0 aromatic heterocycles. The van der Waals surface area contributed by atoms with Crippen molar-refractivity contribution in [1.82, 2.24) is 5.32 Å². The van der Waals surface area contributed by atoms with Gasteiger partial charge in [0.1, 0.15) is 6.73 Å². The van der Waals surface area contributed by atoms with Crippen LogP contribution in [0.2, 0.25) is 0 Å². The number of ether oxygens (including phenoxy) is 1. The van der Waals surface area contributed by atoms with Crippen molar-refractivity contribution < 1.29 is 9.53 Å². The summed E-state index contributed by atoms with van der Waals surface area (Å²) in [4.78, 5) is 11.1. The van der Waals surface area contributed by atoms with E-state index in [9.17, 15) is 4.79 Å². The van der Waals surface area contributed by atoms with Crippen LogP contribution in [0.25, 0.3) is 0 Å². The van der Waals surface area contributed by atoms with E-state index in [1.165, 1.54) is 12.8 Å². The topological polar surface area (TPSA) is 38.3 Å². The van der Waals surface area contributed by atoms with E-state index in [4.69, 9.17) is 4.74 Å². The molecule has 0 aliphatic carbocycles. The predicted octanol–water partition coefficient (Wildman–Crippen LogP) is 2.46. The van der Waals surface area contributed by atoms with Gasteiger partial charge in [-0.1, -0.05) is 33.1 Å². The van der Waals surface area contributed by atoms with Gasteiger partial charge in [-0.25, -0.2) is 0 Å². The van der Waals surface area contributed by atoms with Crippen LogP contribution in [-0.4, -0.2) is 19.2 Å². The first kappa shape index (κ1) is 13.4. The number of hydrogen-bond acceptors (Lipinski definition) is 2. The molecule has 0 radical (unpaired) electrons. The molecule has 0 saturated heterocycles. The Morgan fingerprint density at radius 1 is 1.14 bits per heavy atom. The van der Waals surface area contributed by atoms with Gasteiger partial charge in [0.25, 0.3) is 0 Å². The van der Waals surface area contributed by atoms with Crippen LogP contribution in [-0.2, 0) is 9.53 Å². The Morgan fingerprint density at radius 2 is 1.86 bits per heavy atom. The summed E-state index contributed by atoms with van der Waals surface area (Å²) in [5.41, 5.74) is 0. The SMILES string of the molecule is CCCCCOCNC(=O)CCCC. The van der Waals surface area contributed by atoms with Crippen molar-refractivity contribution in [3.8, 4) is 0 Å². The van der Waals surface area contributed by atoms with Gasteiger partial charge in [-0.3, -0.25) is 4.79 Å². The highest BCUT2D eigenvalue weighted by atomic mass is 16.5. The highest BCUT2D eigenvalue weighted by Crippen LogP contribution is 1.94. The molecule has 0 saturated carbocycles. The summed E-state index contributed by atoms with van der Waals surface area (Å²) in [6, 6.07) is 0. The maximum atomic E-state index is 11.1. The zero-order valence-electron chi connectivity index (χ0n) is 9.47. The van der Waals surface area contributed by atoms with Gasteiger partial charge in [-0.05, 0) is 12.8 Å². The quantitative estimate of drug-likeness (QED) is 0.459. The second kappa shape index (κ2) is 10.5. The van der Waals surface area contributed by atoms with Crippen LogP contribution in [0.3, 0.4) is 0 Å². The summed E-state index contributed by atoms with van der Waals surface area (Å²) < 4.78 is 5.25. The van der Waals surface area contributed by atoms with E-state index in [1.807, 2.05) is 0 Å². The largest absolute Gasteiger partial charge is 0.361 e. The molecule has 0 heterocycles. The van der Waals surface area contributed by atoms with Crippen molar-refractivity contribution in [2.75, 3.05) is 13.3 Å². The molecule has 0 atom stereocenters. The van der Waals surface area contributed by atoms with Gasteiger partial charge in [0.15, 0.2) is 0 Å². The summed E-state index contributed by atoms with van der Waals surface area (Å²) in [6.45, 7) is 5.36. The second-order valence-electron chi connectivity index (χ2n) is 3.46. The minimum atomic E-state index is 0.0994. The predicted molar refractivity (Wildman–Crippen MR) is 58.0 cm³/mol. The molecule has 1 N–H and O–H groups in total. The van der Waals surface area contributed by atoms with Crippen LogP contribution >= 0.6 is 0 Å². The summed E-state index contributed by atoms with van der Waals surface area (Å²) >= 11 is 0. The highest BCUT2D eigenvalue weighted by molar-refractivity contribution is 5.75. The molecule has 0 spiro atoms. The number of amides is 1. The maximum absolute atomic E-state index is 11.1. The average molecular weight is 201 g/mol. The molecule has 0 aliphatic rings. The van der Waals surface area contributed by atoms with Gasteiger partial charge >= 0.3 is 0 Å². The van der Waals surface area contributed by atoms with Crippen LogP contribution < -0.4 is 5.32 Å². The lowest BCUT2D eigenvalue weighted by molar-refractivity contribution is -0.122. The molecule has 3 heteroatoms. The van der Waals surface area contributed by atoms with E-state index in [2.05, 4.69) is 19.2 Å². The van der Waals surface area contributed by atoms with E-state index in [1.54, 1.807) is 0 Å². The van der Waals surface area contributed by atoms with Crippen LogP contribution in [0.15, 0.2) is 0 Å². The van der Waals surface area contributed by atoms with Crippen molar-refractivity contribution in [2.45, 2.75) is 52.4 Å². The standard InChI is InChI=1S/C11H23NO2/c1-3-5-7-9-14-10-12-11(13)8-6-4-2/h3-10H2,1-2H3,(H,12,13). The molecular formula is C11H23NO2. The Morgan fingerprint density at radius 3 is 2.50 bits per heavy atom. The van der Waals surface area contributed by atoms with E-state index < -0.39 is 0 Å². The van der Waals surface area contributed by atoms with E-state index >= 15 is 0 Å². The third-order valence-corrected chi connectivity index (χ3v) is 2.02. The number of rotatable bonds is 9. The molecule has 0 unspecified atom stereocenters. The minimum Gasteiger partial charge on any atom is -0.361 e. The number of unbranched alkanes of at least 4 members (excludes halogenated alkanes) is 3. The lowest BCUT2D eigenvalue weighted by Gasteiger charge is -2.05. The van der Waals surface area contributed by atoms with E-state index in [0.29, 0.717) is 13.2 Å². The van der Waals surface area contributed by atoms with E-state index in [0.717, 1.165) is 25.9 Å². The fourth-order valence-corrected chi connectivity index (χ4v) is 1.08. The third-order valence-electron chi connectivity index (χ3n) is 2.02. The molecule has 0 fully saturated rings. The molecule has 0 rings (SSSR count). The molecule has 0 aliphatic heterocycles. The Labute approximate surface area is 87.2 Å². The number of carbonyl (C=O) groups is 1. The average Bonchev–Trinajstić information content (AvgIpc) is 2.20. The summed E-state index contributed by atoms with van der Waals surface area (Å²) in [5.74, 6) is 0.0994. The number of carbonyl (C=O) groups excluding carboxylic acids is 1. The summed E-state index contributed by atoms with van der Waals surface area (Å²) in [5, 5.41) is 2.73. The van der Waals surface area contributed by atoms with Gasteiger partial charge in [0.2, 0.25) is 5.91 Å². The Kier molecular flexibility index (Phi) is 10.1. The van der Waals surface area contributed by atoms with Gasteiger partial charge in [-0.2, -0.15) is 0 Å². The summed E-state index contributed by atoms with van der Waals surface area (Å²) in [7, 11) is 0. The van der Waals surface area contributed by atoms with Crippen LogP contribution in [0.4, 0.5) is 0 Å². The minimum absolute atomic E-state index is 0.0994.